The van der Waals surface area contributed by atoms with Crippen LogP contribution in [0.15, 0.2) is 29.2 Å². The molecule has 1 aromatic carbocycles. The van der Waals surface area contributed by atoms with Crippen LogP contribution in [0.2, 0.25) is 5.02 Å². The molecule has 2 rings (SSSR count). The van der Waals surface area contributed by atoms with Crippen molar-refractivity contribution in [3.05, 3.63) is 29.3 Å². The van der Waals surface area contributed by atoms with Gasteiger partial charge in [-0.2, -0.15) is 0 Å². The summed E-state index contributed by atoms with van der Waals surface area (Å²) in [6.45, 7) is 1.11. The molecular weight excluding hydrogens is 262 g/mol. The van der Waals surface area contributed by atoms with Crippen LogP contribution in [0.3, 0.4) is 0 Å². The molecule has 1 aromatic rings. The molecule has 0 atom stereocenters. The van der Waals surface area contributed by atoms with Gasteiger partial charge in [0.1, 0.15) is 0 Å². The molecular formula is C15H22ClNS. The first-order valence-corrected chi connectivity index (χ1v) is 8.33. The first kappa shape index (κ1) is 14.2. The van der Waals surface area contributed by atoms with E-state index in [0.29, 0.717) is 0 Å². The summed E-state index contributed by atoms with van der Waals surface area (Å²) < 4.78 is 0. The lowest BCUT2D eigenvalue weighted by Crippen LogP contribution is -2.30. The first-order valence-electron chi connectivity index (χ1n) is 6.96. The van der Waals surface area contributed by atoms with Gasteiger partial charge in [-0.1, -0.05) is 37.3 Å². The van der Waals surface area contributed by atoms with Crippen LogP contribution >= 0.6 is 23.4 Å². The summed E-state index contributed by atoms with van der Waals surface area (Å²) in [6.07, 6.45) is 8.40. The average molecular weight is 284 g/mol. The maximum Gasteiger partial charge on any atom is 0.0406 e. The molecule has 1 N–H and O–H groups in total. The molecule has 1 saturated carbocycles. The van der Waals surface area contributed by atoms with E-state index in [-0.39, 0.29) is 0 Å². The van der Waals surface area contributed by atoms with Crippen molar-refractivity contribution in [1.82, 2.24) is 5.32 Å². The fourth-order valence-electron chi connectivity index (χ4n) is 2.45. The van der Waals surface area contributed by atoms with E-state index in [1.807, 2.05) is 23.9 Å². The van der Waals surface area contributed by atoms with Crippen LogP contribution in [0.4, 0.5) is 0 Å². The van der Waals surface area contributed by atoms with Gasteiger partial charge < -0.3 is 5.32 Å². The highest BCUT2D eigenvalue weighted by Crippen LogP contribution is 2.20. The predicted molar refractivity (Wildman–Crippen MR) is 81.7 cm³/mol. The Labute approximate surface area is 120 Å². The SMILES string of the molecule is Clc1ccc(SCCNC2CCCCCC2)cc1. The van der Waals surface area contributed by atoms with Crippen molar-refractivity contribution in [3.63, 3.8) is 0 Å². The van der Waals surface area contributed by atoms with Crippen LogP contribution in [0.5, 0.6) is 0 Å². The van der Waals surface area contributed by atoms with Crippen molar-refractivity contribution in [3.8, 4) is 0 Å². The molecule has 0 unspecified atom stereocenters. The van der Waals surface area contributed by atoms with Gasteiger partial charge >= 0.3 is 0 Å². The Morgan fingerprint density at radius 2 is 1.72 bits per heavy atom. The number of nitrogens with one attached hydrogen (secondary N) is 1. The van der Waals surface area contributed by atoms with Gasteiger partial charge in [-0.25, -0.2) is 0 Å². The zero-order valence-corrected chi connectivity index (χ0v) is 12.4. The summed E-state index contributed by atoms with van der Waals surface area (Å²) in [7, 11) is 0. The molecule has 0 heterocycles. The van der Waals surface area contributed by atoms with Crippen molar-refractivity contribution in [2.24, 2.45) is 0 Å². The van der Waals surface area contributed by atoms with E-state index in [4.69, 9.17) is 11.6 Å². The molecule has 0 saturated heterocycles. The lowest BCUT2D eigenvalue weighted by molar-refractivity contribution is 0.474. The minimum Gasteiger partial charge on any atom is -0.313 e. The van der Waals surface area contributed by atoms with Crippen LogP contribution in [-0.2, 0) is 0 Å². The smallest absolute Gasteiger partial charge is 0.0406 e. The normalized spacial score (nSPS) is 17.6. The Bertz CT molecular complexity index is 331. The number of hydrogen-bond donors (Lipinski definition) is 1. The molecule has 0 amide bonds. The second kappa shape index (κ2) is 8.08. The van der Waals surface area contributed by atoms with Crippen molar-refractivity contribution in [1.29, 1.82) is 0 Å². The number of thioether (sulfide) groups is 1. The van der Waals surface area contributed by atoms with Gasteiger partial charge in [0, 0.05) is 28.3 Å². The summed E-state index contributed by atoms with van der Waals surface area (Å²) >= 11 is 7.77. The standard InChI is InChI=1S/C15H22ClNS/c16-13-7-9-15(10-8-13)18-12-11-17-14-5-3-1-2-4-6-14/h7-10,14,17H,1-6,11-12H2. The van der Waals surface area contributed by atoms with Gasteiger partial charge in [0.15, 0.2) is 0 Å². The zero-order chi connectivity index (χ0) is 12.6. The Hall–Kier alpha value is -0.180. The number of benzene rings is 1. The van der Waals surface area contributed by atoms with E-state index in [1.165, 1.54) is 43.4 Å². The highest BCUT2D eigenvalue weighted by atomic mass is 35.5. The predicted octanol–water partition coefficient (Wildman–Crippen LogP) is 4.74. The quantitative estimate of drug-likeness (QED) is 0.476. The van der Waals surface area contributed by atoms with Gasteiger partial charge in [-0.15, -0.1) is 11.8 Å². The van der Waals surface area contributed by atoms with Gasteiger partial charge in [0.2, 0.25) is 0 Å². The van der Waals surface area contributed by atoms with Crippen LogP contribution in [-0.4, -0.2) is 18.3 Å². The number of hydrogen-bond acceptors (Lipinski definition) is 2. The highest BCUT2D eigenvalue weighted by molar-refractivity contribution is 7.99. The average Bonchev–Trinajstić information content (AvgIpc) is 2.65. The van der Waals surface area contributed by atoms with E-state index in [9.17, 15) is 0 Å². The topological polar surface area (TPSA) is 12.0 Å². The minimum atomic E-state index is 0.762. The highest BCUT2D eigenvalue weighted by Gasteiger charge is 2.10. The third kappa shape index (κ3) is 5.21. The minimum absolute atomic E-state index is 0.762. The molecule has 0 radical (unpaired) electrons. The fraction of sp³-hybridized carbons (Fsp3) is 0.600. The molecule has 100 valence electrons. The monoisotopic (exact) mass is 283 g/mol. The van der Waals surface area contributed by atoms with E-state index < -0.39 is 0 Å². The largest absolute Gasteiger partial charge is 0.313 e. The van der Waals surface area contributed by atoms with Crippen molar-refractivity contribution in [2.45, 2.75) is 49.5 Å². The molecule has 1 nitrogen and oxygen atoms in total. The molecule has 1 fully saturated rings. The Morgan fingerprint density at radius 3 is 2.39 bits per heavy atom. The second-order valence-corrected chi connectivity index (χ2v) is 6.55. The van der Waals surface area contributed by atoms with Crippen molar-refractivity contribution >= 4 is 23.4 Å². The molecule has 0 bridgehead atoms. The van der Waals surface area contributed by atoms with Crippen molar-refractivity contribution < 1.29 is 0 Å². The Morgan fingerprint density at radius 1 is 1.06 bits per heavy atom. The maximum absolute atomic E-state index is 5.87. The lowest BCUT2D eigenvalue weighted by Gasteiger charge is -2.15. The molecule has 1 aliphatic carbocycles. The summed E-state index contributed by atoms with van der Waals surface area (Å²) in [4.78, 5) is 1.31. The molecule has 0 spiro atoms. The van der Waals surface area contributed by atoms with Gasteiger partial charge in [-0.05, 0) is 37.1 Å². The molecule has 3 heteroatoms. The van der Waals surface area contributed by atoms with Gasteiger partial charge in [0.25, 0.3) is 0 Å². The van der Waals surface area contributed by atoms with Gasteiger partial charge in [-0.3, -0.25) is 0 Å². The number of rotatable bonds is 5. The molecule has 0 aliphatic heterocycles. The summed E-state index contributed by atoms with van der Waals surface area (Å²) in [6, 6.07) is 8.88. The van der Waals surface area contributed by atoms with E-state index in [1.54, 1.807) is 0 Å². The Kier molecular flexibility index (Phi) is 6.39. The second-order valence-electron chi connectivity index (χ2n) is 4.94. The lowest BCUT2D eigenvalue weighted by atomic mass is 10.1. The maximum atomic E-state index is 5.87. The van der Waals surface area contributed by atoms with Crippen molar-refractivity contribution in [2.75, 3.05) is 12.3 Å². The van der Waals surface area contributed by atoms with Crippen LogP contribution in [0.1, 0.15) is 38.5 Å². The molecule has 18 heavy (non-hydrogen) atoms. The summed E-state index contributed by atoms with van der Waals surface area (Å²) in [5, 5.41) is 4.51. The van der Waals surface area contributed by atoms with Gasteiger partial charge in [0.05, 0.1) is 0 Å². The first-order chi connectivity index (χ1) is 8.84. The summed E-state index contributed by atoms with van der Waals surface area (Å²) in [5.74, 6) is 1.14. The third-order valence-corrected chi connectivity index (χ3v) is 4.74. The summed E-state index contributed by atoms with van der Waals surface area (Å²) in [5.41, 5.74) is 0. The Balaban J connectivity index is 1.61. The molecule has 0 aromatic heterocycles. The molecule has 1 aliphatic rings. The number of halogens is 1. The van der Waals surface area contributed by atoms with E-state index in [2.05, 4.69) is 17.4 Å². The van der Waals surface area contributed by atoms with Crippen LogP contribution in [0.25, 0.3) is 0 Å². The van der Waals surface area contributed by atoms with Crippen LogP contribution < -0.4 is 5.32 Å². The fourth-order valence-corrected chi connectivity index (χ4v) is 3.36. The third-order valence-electron chi connectivity index (χ3n) is 3.47. The van der Waals surface area contributed by atoms with Crippen LogP contribution in [0, 0.1) is 0 Å². The zero-order valence-electron chi connectivity index (χ0n) is 10.8. The van der Waals surface area contributed by atoms with E-state index >= 15 is 0 Å². The van der Waals surface area contributed by atoms with E-state index in [0.717, 1.165) is 23.4 Å².